The van der Waals surface area contributed by atoms with Crippen LogP contribution in [0.1, 0.15) is 25.7 Å². The molecule has 1 unspecified atom stereocenters. The van der Waals surface area contributed by atoms with Gasteiger partial charge in [-0.05, 0) is 12.8 Å². The molecule has 0 aromatic rings. The summed E-state index contributed by atoms with van der Waals surface area (Å²) >= 11 is 5.61. The van der Waals surface area contributed by atoms with E-state index in [9.17, 15) is 4.79 Å². The van der Waals surface area contributed by atoms with Crippen LogP contribution >= 0.6 is 11.6 Å². The van der Waals surface area contributed by atoms with Gasteiger partial charge in [0.15, 0.2) is 0 Å². The lowest BCUT2D eigenvalue weighted by Gasteiger charge is -2.11. The molecule has 0 bridgehead atoms. The van der Waals surface area contributed by atoms with Gasteiger partial charge in [-0.1, -0.05) is 12.8 Å². The first-order valence-corrected chi connectivity index (χ1v) is 4.59. The van der Waals surface area contributed by atoms with Gasteiger partial charge < -0.3 is 10.1 Å². The number of nitrogens with one attached hydrogen (secondary N) is 1. The minimum absolute atomic E-state index is 0.351. The van der Waals surface area contributed by atoms with E-state index in [2.05, 4.69) is 5.32 Å². The van der Waals surface area contributed by atoms with Gasteiger partial charge in [0.05, 0.1) is 0 Å². The van der Waals surface area contributed by atoms with Crippen molar-refractivity contribution in [2.75, 3.05) is 6.54 Å². The molecule has 0 aromatic carbocycles. The number of hydrogen-bond acceptors (Lipinski definition) is 2. The molecule has 0 heterocycles. The average molecular weight is 176 g/mol. The molecule has 1 fully saturated rings. The summed E-state index contributed by atoms with van der Waals surface area (Å²) in [4.78, 5) is 10.1. The van der Waals surface area contributed by atoms with Crippen LogP contribution in [0.15, 0.2) is 0 Å². The summed E-state index contributed by atoms with van der Waals surface area (Å²) in [6, 6.07) is 0.608. The van der Waals surface area contributed by atoms with Gasteiger partial charge in [0.25, 0.3) is 0 Å². The van der Waals surface area contributed by atoms with E-state index >= 15 is 0 Å². The highest BCUT2D eigenvalue weighted by Gasteiger charge is 2.14. The molecule has 0 aromatic heterocycles. The van der Waals surface area contributed by atoms with Gasteiger partial charge >= 0.3 is 0 Å². The predicted octanol–water partition coefficient (Wildman–Crippen LogP) is 1.32. The lowest BCUT2D eigenvalue weighted by Crippen LogP contribution is -2.32. The fraction of sp³-hybridized carbons (Fsp3) is 0.875. The molecule has 1 saturated carbocycles. The molecule has 1 rings (SSSR count). The van der Waals surface area contributed by atoms with Crippen molar-refractivity contribution in [1.82, 2.24) is 5.32 Å². The number of carbonyl (C=O) groups excluding carboxylic acids is 1. The number of hydrogen-bond donors (Lipinski definition) is 1. The zero-order valence-electron chi connectivity index (χ0n) is 6.55. The number of carbonyl (C=O) groups is 1. The van der Waals surface area contributed by atoms with Gasteiger partial charge in [-0.2, -0.15) is 0 Å². The number of aldehydes is 1. The molecule has 1 N–H and O–H groups in total. The van der Waals surface area contributed by atoms with E-state index < -0.39 is 0 Å². The minimum Gasteiger partial charge on any atom is -0.312 e. The Morgan fingerprint density at radius 3 is 2.73 bits per heavy atom. The molecule has 2 nitrogen and oxygen atoms in total. The Morgan fingerprint density at radius 2 is 2.18 bits per heavy atom. The second kappa shape index (κ2) is 4.73. The van der Waals surface area contributed by atoms with E-state index in [-0.39, 0.29) is 5.38 Å². The van der Waals surface area contributed by atoms with Crippen molar-refractivity contribution in [1.29, 1.82) is 0 Å². The van der Waals surface area contributed by atoms with Crippen LogP contribution < -0.4 is 5.32 Å². The van der Waals surface area contributed by atoms with E-state index in [0.29, 0.717) is 12.6 Å². The van der Waals surface area contributed by atoms with E-state index in [1.807, 2.05) is 0 Å². The Hall–Kier alpha value is -0.0800. The average Bonchev–Trinajstić information content (AvgIpc) is 2.52. The van der Waals surface area contributed by atoms with Crippen molar-refractivity contribution >= 4 is 17.9 Å². The highest BCUT2D eigenvalue weighted by Crippen LogP contribution is 2.17. The topological polar surface area (TPSA) is 29.1 Å². The minimum atomic E-state index is -0.351. The van der Waals surface area contributed by atoms with Crippen LogP contribution in [0.25, 0.3) is 0 Å². The molecule has 0 amide bonds. The molecule has 1 aliphatic rings. The lowest BCUT2D eigenvalue weighted by molar-refractivity contribution is -0.107. The van der Waals surface area contributed by atoms with Gasteiger partial charge in [-0.15, -0.1) is 11.6 Å². The molecule has 1 atom stereocenters. The highest BCUT2D eigenvalue weighted by atomic mass is 35.5. The molecular weight excluding hydrogens is 162 g/mol. The maximum Gasteiger partial charge on any atom is 0.139 e. The summed E-state index contributed by atoms with van der Waals surface area (Å²) in [5.41, 5.74) is 0. The largest absolute Gasteiger partial charge is 0.312 e. The fourth-order valence-electron chi connectivity index (χ4n) is 1.46. The molecular formula is C8H14ClNO. The Kier molecular flexibility index (Phi) is 3.87. The van der Waals surface area contributed by atoms with Crippen molar-refractivity contribution in [3.8, 4) is 0 Å². The molecule has 3 heteroatoms. The van der Waals surface area contributed by atoms with Crippen LogP contribution in [0.2, 0.25) is 0 Å². The van der Waals surface area contributed by atoms with E-state index in [1.165, 1.54) is 25.7 Å². The standard InChI is InChI=1S/C8H14ClNO/c9-7(6-11)5-10-8-3-1-2-4-8/h6-8,10H,1-5H2. The second-order valence-electron chi connectivity index (χ2n) is 3.04. The number of rotatable bonds is 4. The SMILES string of the molecule is O=CC(Cl)CNC1CCCC1. The molecule has 64 valence electrons. The van der Waals surface area contributed by atoms with Gasteiger partial charge in [0.1, 0.15) is 11.7 Å². The van der Waals surface area contributed by atoms with Gasteiger partial charge in [0.2, 0.25) is 0 Å². The predicted molar refractivity (Wildman–Crippen MR) is 46.0 cm³/mol. The Morgan fingerprint density at radius 1 is 1.55 bits per heavy atom. The summed E-state index contributed by atoms with van der Waals surface area (Å²) in [6.45, 7) is 0.621. The Balaban J connectivity index is 2.06. The monoisotopic (exact) mass is 175 g/mol. The van der Waals surface area contributed by atoms with Gasteiger partial charge in [0, 0.05) is 12.6 Å². The maximum absolute atomic E-state index is 10.1. The van der Waals surface area contributed by atoms with Gasteiger partial charge in [-0.3, -0.25) is 0 Å². The Labute approximate surface area is 72.3 Å². The van der Waals surface area contributed by atoms with Crippen molar-refractivity contribution < 1.29 is 4.79 Å². The molecule has 0 spiro atoms. The first-order valence-electron chi connectivity index (χ1n) is 4.15. The summed E-state index contributed by atoms with van der Waals surface area (Å²) in [5.74, 6) is 0. The van der Waals surface area contributed by atoms with Crippen molar-refractivity contribution in [3.63, 3.8) is 0 Å². The molecule has 0 saturated heterocycles. The van der Waals surface area contributed by atoms with Crippen LogP contribution in [0, 0.1) is 0 Å². The summed E-state index contributed by atoms with van der Waals surface area (Å²) < 4.78 is 0. The first-order chi connectivity index (χ1) is 5.33. The second-order valence-corrected chi connectivity index (χ2v) is 3.60. The molecule has 11 heavy (non-hydrogen) atoms. The van der Waals surface area contributed by atoms with Crippen molar-refractivity contribution in [3.05, 3.63) is 0 Å². The Bertz CT molecular complexity index is 123. The normalized spacial score (nSPS) is 21.9. The van der Waals surface area contributed by atoms with Gasteiger partial charge in [-0.25, -0.2) is 0 Å². The zero-order valence-corrected chi connectivity index (χ0v) is 7.31. The van der Waals surface area contributed by atoms with Crippen LogP contribution in [0.5, 0.6) is 0 Å². The van der Waals surface area contributed by atoms with Crippen LogP contribution in [0.4, 0.5) is 0 Å². The molecule has 0 aliphatic heterocycles. The zero-order chi connectivity index (χ0) is 8.10. The first kappa shape index (κ1) is 9.01. The summed E-state index contributed by atoms with van der Waals surface area (Å²) in [5, 5.41) is 2.92. The van der Waals surface area contributed by atoms with E-state index in [0.717, 1.165) is 6.29 Å². The van der Waals surface area contributed by atoms with E-state index in [4.69, 9.17) is 11.6 Å². The number of alkyl halides is 1. The fourth-order valence-corrected chi connectivity index (χ4v) is 1.55. The molecule has 1 aliphatic carbocycles. The lowest BCUT2D eigenvalue weighted by atomic mass is 10.2. The van der Waals surface area contributed by atoms with E-state index in [1.54, 1.807) is 0 Å². The molecule has 0 radical (unpaired) electrons. The third-order valence-corrected chi connectivity index (χ3v) is 2.36. The maximum atomic E-state index is 10.1. The summed E-state index contributed by atoms with van der Waals surface area (Å²) in [7, 11) is 0. The van der Waals surface area contributed by atoms with Crippen LogP contribution in [0.3, 0.4) is 0 Å². The van der Waals surface area contributed by atoms with Crippen LogP contribution in [-0.2, 0) is 4.79 Å². The third kappa shape index (κ3) is 3.21. The van der Waals surface area contributed by atoms with Crippen molar-refractivity contribution in [2.24, 2.45) is 0 Å². The smallest absolute Gasteiger partial charge is 0.139 e. The third-order valence-electron chi connectivity index (χ3n) is 2.10. The number of halogens is 1. The van der Waals surface area contributed by atoms with Crippen molar-refractivity contribution in [2.45, 2.75) is 37.1 Å². The summed E-state index contributed by atoms with van der Waals surface area (Å²) in [6.07, 6.45) is 5.88. The highest BCUT2D eigenvalue weighted by molar-refractivity contribution is 6.27. The quantitative estimate of drug-likeness (QED) is 0.516. The van der Waals surface area contributed by atoms with Crippen LogP contribution in [-0.4, -0.2) is 24.2 Å².